The molecule has 1 N–H and O–H groups in total. The highest BCUT2D eigenvalue weighted by Crippen LogP contribution is 2.22. The maximum Gasteiger partial charge on any atom is 0.00510 e. The summed E-state index contributed by atoms with van der Waals surface area (Å²) in [5, 5.41) is 3.64. The first-order valence-electron chi connectivity index (χ1n) is 5.64. The second-order valence-corrected chi connectivity index (χ2v) is 5.78. The molecule has 1 heterocycles. The van der Waals surface area contributed by atoms with E-state index in [-0.39, 0.29) is 0 Å². The lowest BCUT2D eigenvalue weighted by atomic mass is 10.1. The van der Waals surface area contributed by atoms with E-state index in [1.54, 1.807) is 0 Å². The van der Waals surface area contributed by atoms with Gasteiger partial charge in [-0.3, -0.25) is 0 Å². The Balaban J connectivity index is 1.99. The van der Waals surface area contributed by atoms with Gasteiger partial charge in [0.2, 0.25) is 0 Å². The van der Waals surface area contributed by atoms with E-state index in [1.807, 2.05) is 0 Å². The summed E-state index contributed by atoms with van der Waals surface area (Å²) in [5.41, 5.74) is 0. The van der Waals surface area contributed by atoms with Crippen molar-refractivity contribution < 1.29 is 0 Å². The standard InChI is InChI=1S/C11H24N2S/c1-10(4-6-13(2)3)12-8-11-5-7-14-9-11/h10-12H,4-9H2,1-3H3. The molecule has 0 saturated carbocycles. The molecule has 0 aromatic heterocycles. The number of rotatable bonds is 6. The molecule has 1 saturated heterocycles. The van der Waals surface area contributed by atoms with Crippen LogP contribution in [0.25, 0.3) is 0 Å². The van der Waals surface area contributed by atoms with Gasteiger partial charge in [-0.1, -0.05) is 0 Å². The molecular weight excluding hydrogens is 192 g/mol. The SMILES string of the molecule is CC(CCN(C)C)NCC1CCSC1. The van der Waals surface area contributed by atoms with Gasteiger partial charge < -0.3 is 10.2 Å². The molecule has 0 amide bonds. The minimum atomic E-state index is 0.669. The summed E-state index contributed by atoms with van der Waals surface area (Å²) in [4.78, 5) is 2.25. The molecule has 2 nitrogen and oxygen atoms in total. The van der Waals surface area contributed by atoms with Crippen LogP contribution in [0.4, 0.5) is 0 Å². The van der Waals surface area contributed by atoms with E-state index < -0.39 is 0 Å². The van der Waals surface area contributed by atoms with Crippen LogP contribution in [0.2, 0.25) is 0 Å². The van der Waals surface area contributed by atoms with Gasteiger partial charge in [-0.2, -0.15) is 11.8 Å². The van der Waals surface area contributed by atoms with E-state index in [1.165, 1.54) is 37.4 Å². The quantitative estimate of drug-likeness (QED) is 0.727. The molecule has 1 fully saturated rings. The Morgan fingerprint density at radius 1 is 1.50 bits per heavy atom. The normalized spacial score (nSPS) is 24.4. The minimum Gasteiger partial charge on any atom is -0.314 e. The summed E-state index contributed by atoms with van der Waals surface area (Å²) in [7, 11) is 4.28. The fraction of sp³-hybridized carbons (Fsp3) is 1.00. The van der Waals surface area contributed by atoms with Crippen molar-refractivity contribution in [1.82, 2.24) is 10.2 Å². The van der Waals surface area contributed by atoms with Crippen LogP contribution in [-0.2, 0) is 0 Å². The number of nitrogens with one attached hydrogen (secondary N) is 1. The smallest absolute Gasteiger partial charge is 0.00510 e. The van der Waals surface area contributed by atoms with Crippen LogP contribution >= 0.6 is 11.8 Å². The summed E-state index contributed by atoms with van der Waals surface area (Å²) in [6.07, 6.45) is 2.67. The second-order valence-electron chi connectivity index (χ2n) is 4.63. The number of hydrogen-bond acceptors (Lipinski definition) is 3. The highest BCUT2D eigenvalue weighted by molar-refractivity contribution is 7.99. The minimum absolute atomic E-state index is 0.669. The van der Waals surface area contributed by atoms with Gasteiger partial charge in [0.25, 0.3) is 0 Å². The molecule has 0 bridgehead atoms. The topological polar surface area (TPSA) is 15.3 Å². The van der Waals surface area contributed by atoms with Crippen molar-refractivity contribution in [3.63, 3.8) is 0 Å². The van der Waals surface area contributed by atoms with E-state index in [0.717, 1.165) is 5.92 Å². The van der Waals surface area contributed by atoms with E-state index in [4.69, 9.17) is 0 Å². The lowest BCUT2D eigenvalue weighted by Crippen LogP contribution is -2.33. The number of thioether (sulfide) groups is 1. The fourth-order valence-corrected chi connectivity index (χ4v) is 2.95. The van der Waals surface area contributed by atoms with Crippen LogP contribution < -0.4 is 5.32 Å². The maximum atomic E-state index is 3.64. The first-order chi connectivity index (χ1) is 6.68. The van der Waals surface area contributed by atoms with E-state index >= 15 is 0 Å². The lowest BCUT2D eigenvalue weighted by Gasteiger charge is -2.18. The summed E-state index contributed by atoms with van der Waals surface area (Å²) in [6, 6.07) is 0.669. The van der Waals surface area contributed by atoms with Crippen LogP contribution in [0.3, 0.4) is 0 Å². The molecule has 1 aliphatic rings. The molecule has 3 heteroatoms. The Kier molecular flexibility index (Phi) is 5.90. The Morgan fingerprint density at radius 2 is 2.29 bits per heavy atom. The second kappa shape index (κ2) is 6.70. The zero-order valence-corrected chi connectivity index (χ0v) is 10.6. The van der Waals surface area contributed by atoms with Crippen molar-refractivity contribution in [2.24, 2.45) is 5.92 Å². The maximum absolute atomic E-state index is 3.64. The van der Waals surface area contributed by atoms with Crippen LogP contribution in [0.5, 0.6) is 0 Å². The predicted octanol–water partition coefficient (Wildman–Crippen LogP) is 1.67. The van der Waals surface area contributed by atoms with Gasteiger partial charge in [0.05, 0.1) is 0 Å². The van der Waals surface area contributed by atoms with E-state index in [0.29, 0.717) is 6.04 Å². The molecule has 84 valence electrons. The first kappa shape index (κ1) is 12.3. The zero-order chi connectivity index (χ0) is 10.4. The predicted molar refractivity (Wildman–Crippen MR) is 66.1 cm³/mol. The van der Waals surface area contributed by atoms with Crippen molar-refractivity contribution in [3.8, 4) is 0 Å². The third-order valence-electron chi connectivity index (χ3n) is 2.79. The molecule has 0 radical (unpaired) electrons. The third kappa shape index (κ3) is 5.23. The molecule has 0 aliphatic carbocycles. The molecule has 0 spiro atoms. The Hall–Kier alpha value is 0.270. The van der Waals surface area contributed by atoms with Gasteiger partial charge >= 0.3 is 0 Å². The van der Waals surface area contributed by atoms with Gasteiger partial charge in [-0.05, 0) is 64.4 Å². The van der Waals surface area contributed by atoms with Crippen LogP contribution in [0, 0.1) is 5.92 Å². The van der Waals surface area contributed by atoms with Crippen molar-refractivity contribution in [2.45, 2.75) is 25.8 Å². The van der Waals surface area contributed by atoms with Gasteiger partial charge in [-0.15, -0.1) is 0 Å². The third-order valence-corrected chi connectivity index (χ3v) is 4.02. The molecule has 1 rings (SSSR count). The Bertz CT molecular complexity index is 144. The fourth-order valence-electron chi connectivity index (χ4n) is 1.67. The van der Waals surface area contributed by atoms with E-state index in [2.05, 4.69) is 43.0 Å². The van der Waals surface area contributed by atoms with Gasteiger partial charge in [0.15, 0.2) is 0 Å². The zero-order valence-electron chi connectivity index (χ0n) is 9.75. The van der Waals surface area contributed by atoms with Crippen molar-refractivity contribution >= 4 is 11.8 Å². The molecular formula is C11H24N2S. The molecule has 2 unspecified atom stereocenters. The monoisotopic (exact) mass is 216 g/mol. The average molecular weight is 216 g/mol. The van der Waals surface area contributed by atoms with E-state index in [9.17, 15) is 0 Å². The average Bonchev–Trinajstić information content (AvgIpc) is 2.63. The van der Waals surface area contributed by atoms with Gasteiger partial charge in [0, 0.05) is 6.04 Å². The summed E-state index contributed by atoms with van der Waals surface area (Å²) < 4.78 is 0. The van der Waals surface area contributed by atoms with Crippen molar-refractivity contribution in [2.75, 3.05) is 38.7 Å². The number of nitrogens with zero attached hydrogens (tertiary/aromatic N) is 1. The highest BCUT2D eigenvalue weighted by atomic mass is 32.2. The van der Waals surface area contributed by atoms with Crippen LogP contribution in [0.1, 0.15) is 19.8 Å². The van der Waals surface area contributed by atoms with Crippen molar-refractivity contribution in [1.29, 1.82) is 0 Å². The Morgan fingerprint density at radius 3 is 2.86 bits per heavy atom. The number of hydrogen-bond donors (Lipinski definition) is 1. The first-order valence-corrected chi connectivity index (χ1v) is 6.80. The summed E-state index contributed by atoms with van der Waals surface area (Å²) in [6.45, 7) is 4.71. The van der Waals surface area contributed by atoms with Gasteiger partial charge in [0.1, 0.15) is 0 Å². The Labute approximate surface area is 92.8 Å². The lowest BCUT2D eigenvalue weighted by molar-refractivity contribution is 0.358. The summed E-state index contributed by atoms with van der Waals surface area (Å²) >= 11 is 2.10. The summed E-state index contributed by atoms with van der Waals surface area (Å²) in [5.74, 6) is 3.67. The molecule has 14 heavy (non-hydrogen) atoms. The molecule has 2 atom stereocenters. The largest absolute Gasteiger partial charge is 0.314 e. The van der Waals surface area contributed by atoms with Gasteiger partial charge in [-0.25, -0.2) is 0 Å². The van der Waals surface area contributed by atoms with Crippen molar-refractivity contribution in [3.05, 3.63) is 0 Å². The molecule has 0 aromatic carbocycles. The highest BCUT2D eigenvalue weighted by Gasteiger charge is 2.15. The van der Waals surface area contributed by atoms with Crippen LogP contribution in [0.15, 0.2) is 0 Å². The molecule has 1 aliphatic heterocycles. The van der Waals surface area contributed by atoms with Crippen LogP contribution in [-0.4, -0.2) is 49.6 Å². The molecule has 0 aromatic rings.